The molecule has 3 fully saturated rings. The van der Waals surface area contributed by atoms with Crippen LogP contribution < -0.4 is 4.90 Å². The van der Waals surface area contributed by atoms with Gasteiger partial charge in [0.05, 0.1) is 55.5 Å². The zero-order valence-corrected chi connectivity index (χ0v) is 19.6. The zero-order valence-electron chi connectivity index (χ0n) is 19.6. The third-order valence-corrected chi connectivity index (χ3v) is 7.70. The van der Waals surface area contributed by atoms with Crippen molar-refractivity contribution in [3.05, 3.63) is 59.4 Å². The fourth-order valence-corrected chi connectivity index (χ4v) is 5.89. The Morgan fingerprint density at radius 1 is 1.00 bits per heavy atom. The Kier molecular flexibility index (Phi) is 5.89. The number of urea groups is 1. The smallest absolute Gasteiger partial charge is 0.320 e. The van der Waals surface area contributed by atoms with E-state index in [2.05, 4.69) is 45.1 Å². The van der Waals surface area contributed by atoms with Crippen LogP contribution in [0.2, 0.25) is 0 Å². The molecular weight excluding hydrogens is 430 g/mol. The van der Waals surface area contributed by atoms with Gasteiger partial charge in [0, 0.05) is 39.3 Å². The molecule has 0 aliphatic carbocycles. The maximum Gasteiger partial charge on any atom is 0.320 e. The topological polar surface area (TPSA) is 72.4 Å². The molecule has 1 aromatic heterocycles. The lowest BCUT2D eigenvalue weighted by Crippen LogP contribution is -2.64. The summed E-state index contributed by atoms with van der Waals surface area (Å²) >= 11 is 0. The minimum absolute atomic E-state index is 0.0108. The molecule has 3 atom stereocenters. The molecule has 3 unspecified atom stereocenters. The summed E-state index contributed by atoms with van der Waals surface area (Å²) in [4.78, 5) is 25.9. The van der Waals surface area contributed by atoms with Crippen molar-refractivity contribution in [2.24, 2.45) is 0 Å². The Labute approximate surface area is 200 Å². The highest BCUT2D eigenvalue weighted by molar-refractivity contribution is 5.76. The molecular formula is C26H33N5O3. The van der Waals surface area contributed by atoms with Gasteiger partial charge in [-0.2, -0.15) is 0 Å². The Morgan fingerprint density at radius 2 is 1.79 bits per heavy atom. The highest BCUT2D eigenvalue weighted by Crippen LogP contribution is 2.35. The van der Waals surface area contributed by atoms with Crippen molar-refractivity contribution in [3.63, 3.8) is 0 Å². The predicted molar refractivity (Wildman–Crippen MR) is 129 cm³/mol. The van der Waals surface area contributed by atoms with Gasteiger partial charge in [0.1, 0.15) is 0 Å². The molecule has 0 radical (unpaired) electrons. The average Bonchev–Trinajstić information content (AvgIpc) is 3.19. The van der Waals surface area contributed by atoms with Gasteiger partial charge in [-0.05, 0) is 36.1 Å². The van der Waals surface area contributed by atoms with Gasteiger partial charge in [0.15, 0.2) is 0 Å². The number of amides is 2. The number of β-amino-alcohol motifs (C(OH)–C–C–N with tert-alkyl or cyclic N) is 1. The Balaban J connectivity index is 0.993. The number of aliphatic hydroxyl groups excluding tert-OH is 1. The second-order valence-electron chi connectivity index (χ2n) is 10.1. The number of benzene rings is 1. The Morgan fingerprint density at radius 3 is 2.56 bits per heavy atom. The van der Waals surface area contributed by atoms with Crippen molar-refractivity contribution >= 4 is 11.7 Å². The number of anilines is 1. The number of hydrogen-bond donors (Lipinski definition) is 1. The molecule has 2 bridgehead atoms. The van der Waals surface area contributed by atoms with Gasteiger partial charge in [-0.25, -0.2) is 4.79 Å². The number of fused-ring (bicyclic) bond motifs is 3. The van der Waals surface area contributed by atoms with Crippen LogP contribution in [0.15, 0.2) is 42.6 Å². The fraction of sp³-hybridized carbons (Fsp3) is 0.538. The summed E-state index contributed by atoms with van der Waals surface area (Å²) in [5.41, 5.74) is 4.79. The van der Waals surface area contributed by atoms with E-state index in [-0.39, 0.29) is 6.03 Å². The summed E-state index contributed by atoms with van der Waals surface area (Å²) in [5, 5.41) is 10.7. The molecule has 8 heteroatoms. The van der Waals surface area contributed by atoms with E-state index in [1.807, 2.05) is 17.2 Å². The predicted octanol–water partition coefficient (Wildman–Crippen LogP) is 1.72. The third-order valence-electron chi connectivity index (χ3n) is 7.70. The molecule has 180 valence electrons. The quantitative estimate of drug-likeness (QED) is 0.674. The van der Waals surface area contributed by atoms with E-state index in [0.717, 1.165) is 44.1 Å². The maximum atomic E-state index is 12.9. The van der Waals surface area contributed by atoms with Crippen molar-refractivity contribution in [1.82, 2.24) is 19.7 Å². The number of aliphatic hydroxyl groups is 1. The second kappa shape index (κ2) is 9.17. The van der Waals surface area contributed by atoms with Crippen molar-refractivity contribution in [2.45, 2.75) is 44.1 Å². The molecule has 2 amide bonds. The first-order valence-corrected chi connectivity index (χ1v) is 12.5. The van der Waals surface area contributed by atoms with Crippen LogP contribution in [-0.2, 0) is 24.2 Å². The summed E-state index contributed by atoms with van der Waals surface area (Å²) in [7, 11) is 0. The lowest BCUT2D eigenvalue weighted by molar-refractivity contribution is 0.0102. The first-order valence-electron chi connectivity index (χ1n) is 12.5. The van der Waals surface area contributed by atoms with Gasteiger partial charge in [0.25, 0.3) is 0 Å². The van der Waals surface area contributed by atoms with Gasteiger partial charge >= 0.3 is 6.03 Å². The van der Waals surface area contributed by atoms with Crippen LogP contribution in [0, 0.1) is 0 Å². The highest BCUT2D eigenvalue weighted by atomic mass is 16.5. The summed E-state index contributed by atoms with van der Waals surface area (Å²) in [6.07, 6.45) is 3.60. The number of rotatable bonds is 7. The molecule has 3 saturated heterocycles. The molecule has 5 heterocycles. The van der Waals surface area contributed by atoms with E-state index in [4.69, 9.17) is 4.74 Å². The number of aromatic nitrogens is 1. The van der Waals surface area contributed by atoms with Crippen molar-refractivity contribution in [3.8, 4) is 0 Å². The van der Waals surface area contributed by atoms with Crippen molar-refractivity contribution < 1.29 is 14.6 Å². The van der Waals surface area contributed by atoms with Crippen LogP contribution in [0.4, 0.5) is 10.5 Å². The van der Waals surface area contributed by atoms with Crippen LogP contribution in [0.25, 0.3) is 0 Å². The highest BCUT2D eigenvalue weighted by Gasteiger charge is 2.42. The molecule has 1 N–H and O–H groups in total. The first-order chi connectivity index (χ1) is 16.6. The SMILES string of the molecule is O=C1N(Cc2ccc(N3C4COCC3C4)cn2)CCN1CC(O)CN1CCc2ccccc2C1. The van der Waals surface area contributed by atoms with Crippen molar-refractivity contribution in [2.75, 3.05) is 50.8 Å². The number of ether oxygens (including phenoxy) is 1. The van der Waals surface area contributed by atoms with Crippen LogP contribution in [0.3, 0.4) is 0 Å². The number of carbonyl (C=O) groups excluding carboxylic acids is 1. The number of carbonyl (C=O) groups is 1. The van der Waals surface area contributed by atoms with Crippen LogP contribution in [-0.4, -0.2) is 94.9 Å². The summed E-state index contributed by atoms with van der Waals surface area (Å²) < 4.78 is 5.57. The molecule has 8 nitrogen and oxygen atoms in total. The summed E-state index contributed by atoms with van der Waals surface area (Å²) in [6, 6.07) is 13.6. The second-order valence-corrected chi connectivity index (χ2v) is 10.1. The van der Waals surface area contributed by atoms with Gasteiger partial charge in [-0.1, -0.05) is 24.3 Å². The zero-order chi connectivity index (χ0) is 23.1. The lowest BCUT2D eigenvalue weighted by Gasteiger charge is -2.53. The fourth-order valence-electron chi connectivity index (χ4n) is 5.89. The Bertz CT molecular complexity index is 1020. The van der Waals surface area contributed by atoms with E-state index < -0.39 is 6.10 Å². The van der Waals surface area contributed by atoms with Crippen LogP contribution in [0.1, 0.15) is 23.2 Å². The first kappa shape index (κ1) is 21.8. The molecule has 4 aliphatic heterocycles. The van der Waals surface area contributed by atoms with E-state index >= 15 is 0 Å². The number of hydrogen-bond acceptors (Lipinski definition) is 6. The molecule has 6 rings (SSSR count). The molecule has 0 spiro atoms. The van der Waals surface area contributed by atoms with Gasteiger partial charge in [-0.15, -0.1) is 0 Å². The standard InChI is InChI=1S/C26H33N5O3/c32-25(15-28-8-7-19-3-1-2-4-20(19)13-28)16-30-10-9-29(26(30)33)14-21-5-6-22(12-27-21)31-23-11-24(31)18-34-17-23/h1-6,12,23-25,32H,7-11,13-18H2. The largest absolute Gasteiger partial charge is 0.390 e. The molecule has 0 saturated carbocycles. The monoisotopic (exact) mass is 463 g/mol. The van der Waals surface area contributed by atoms with E-state index in [9.17, 15) is 9.90 Å². The summed E-state index contributed by atoms with van der Waals surface area (Å²) in [5.74, 6) is 0. The molecule has 4 aliphatic rings. The molecule has 2 aromatic rings. The van der Waals surface area contributed by atoms with Gasteiger partial charge in [-0.3, -0.25) is 9.88 Å². The van der Waals surface area contributed by atoms with E-state index in [1.165, 1.54) is 17.5 Å². The average molecular weight is 464 g/mol. The van der Waals surface area contributed by atoms with Crippen molar-refractivity contribution in [1.29, 1.82) is 0 Å². The summed E-state index contributed by atoms with van der Waals surface area (Å²) in [6.45, 7) is 6.19. The van der Waals surface area contributed by atoms with E-state index in [0.29, 0.717) is 44.8 Å². The lowest BCUT2D eigenvalue weighted by atomic mass is 9.91. The van der Waals surface area contributed by atoms with Gasteiger partial charge in [0.2, 0.25) is 0 Å². The normalized spacial score (nSPS) is 25.3. The van der Waals surface area contributed by atoms with Gasteiger partial charge < -0.3 is 24.5 Å². The molecule has 34 heavy (non-hydrogen) atoms. The number of morpholine rings is 1. The minimum atomic E-state index is -0.550. The Hall–Kier alpha value is -2.68. The number of pyridine rings is 1. The van der Waals surface area contributed by atoms with Crippen LogP contribution >= 0.6 is 0 Å². The van der Waals surface area contributed by atoms with Crippen LogP contribution in [0.5, 0.6) is 0 Å². The minimum Gasteiger partial charge on any atom is -0.390 e. The van der Waals surface area contributed by atoms with E-state index in [1.54, 1.807) is 4.90 Å². The number of nitrogens with zero attached hydrogens (tertiary/aromatic N) is 5. The third kappa shape index (κ3) is 4.26. The maximum absolute atomic E-state index is 12.9. The molecule has 1 aromatic carbocycles.